The second-order valence-electron chi connectivity index (χ2n) is 6.02. The maximum atomic E-state index is 12.9. The number of benzene rings is 1. The minimum atomic E-state index is -1.17. The lowest BCUT2D eigenvalue weighted by Gasteiger charge is -2.07. The third-order valence-corrected chi connectivity index (χ3v) is 4.23. The number of hydrogen-bond acceptors (Lipinski definition) is 5. The summed E-state index contributed by atoms with van der Waals surface area (Å²) < 4.78 is 12.0. The van der Waals surface area contributed by atoms with Gasteiger partial charge in [0.05, 0.1) is 18.9 Å². The van der Waals surface area contributed by atoms with Gasteiger partial charge in [-0.3, -0.25) is 14.4 Å². The Morgan fingerprint density at radius 3 is 2.37 bits per heavy atom. The predicted octanol–water partition coefficient (Wildman–Crippen LogP) is 2.29. The molecule has 0 saturated carbocycles. The molecule has 3 aromatic rings. The molecule has 8 nitrogen and oxygen atoms in total. The molecule has 2 aromatic heterocycles. The fraction of sp³-hybridized carbons (Fsp3) is 0.211. The minimum Gasteiger partial charge on any atom is -0.497 e. The van der Waals surface area contributed by atoms with Gasteiger partial charge in [0.15, 0.2) is 0 Å². The second-order valence-corrected chi connectivity index (χ2v) is 6.02. The summed E-state index contributed by atoms with van der Waals surface area (Å²) in [6.07, 6.45) is -0.431. The lowest BCUT2D eigenvalue weighted by molar-refractivity contribution is -0.138. The van der Waals surface area contributed by atoms with Gasteiger partial charge >= 0.3 is 11.9 Å². The van der Waals surface area contributed by atoms with E-state index in [1.54, 1.807) is 31.2 Å². The smallest absolute Gasteiger partial charge is 0.323 e. The topological polar surface area (TPSA) is 119 Å². The first-order valence-corrected chi connectivity index (χ1v) is 8.05. The van der Waals surface area contributed by atoms with Crippen LogP contribution in [-0.4, -0.2) is 33.8 Å². The van der Waals surface area contributed by atoms with Crippen LogP contribution in [0.3, 0.4) is 0 Å². The van der Waals surface area contributed by atoms with Crippen LogP contribution in [0, 0.1) is 6.92 Å². The number of methoxy groups -OCH3 is 1. The first-order valence-electron chi connectivity index (χ1n) is 8.05. The van der Waals surface area contributed by atoms with Crippen LogP contribution in [0.1, 0.15) is 11.3 Å². The zero-order chi connectivity index (χ0) is 19.7. The number of rotatable bonds is 6. The van der Waals surface area contributed by atoms with Gasteiger partial charge in [-0.05, 0) is 31.2 Å². The van der Waals surface area contributed by atoms with Gasteiger partial charge < -0.3 is 23.9 Å². The first-order chi connectivity index (χ1) is 12.8. The maximum absolute atomic E-state index is 12.9. The van der Waals surface area contributed by atoms with Crippen LogP contribution in [0.15, 0.2) is 39.5 Å². The van der Waals surface area contributed by atoms with E-state index in [0.29, 0.717) is 17.0 Å². The summed E-state index contributed by atoms with van der Waals surface area (Å²) in [5, 5.41) is 18.4. The Hall–Kier alpha value is -3.55. The Morgan fingerprint density at radius 2 is 1.81 bits per heavy atom. The van der Waals surface area contributed by atoms with Crippen molar-refractivity contribution >= 4 is 22.9 Å². The molecule has 1 aromatic carbocycles. The molecular formula is C19H17NO7. The highest BCUT2D eigenvalue weighted by Crippen LogP contribution is 2.33. The Morgan fingerprint density at radius 1 is 1.15 bits per heavy atom. The van der Waals surface area contributed by atoms with E-state index in [-0.39, 0.29) is 22.3 Å². The highest BCUT2D eigenvalue weighted by molar-refractivity contribution is 5.91. The number of nitrogens with zero attached hydrogens (tertiary/aromatic N) is 1. The van der Waals surface area contributed by atoms with Crippen LogP contribution in [0.4, 0.5) is 0 Å². The summed E-state index contributed by atoms with van der Waals surface area (Å²) in [5.41, 5.74) is 0.845. The number of aromatic nitrogens is 1. The van der Waals surface area contributed by atoms with E-state index in [9.17, 15) is 19.5 Å². The molecule has 8 heteroatoms. The van der Waals surface area contributed by atoms with Crippen molar-refractivity contribution in [1.29, 1.82) is 0 Å². The number of aliphatic carboxylic acids is 2. The summed E-state index contributed by atoms with van der Waals surface area (Å²) in [5.74, 6) is -1.41. The van der Waals surface area contributed by atoms with E-state index in [4.69, 9.17) is 14.3 Å². The van der Waals surface area contributed by atoms with E-state index in [0.717, 1.165) is 4.57 Å². The van der Waals surface area contributed by atoms with Gasteiger partial charge in [0.25, 0.3) is 5.56 Å². The lowest BCUT2D eigenvalue weighted by atomic mass is 10.0. The van der Waals surface area contributed by atoms with Crippen molar-refractivity contribution in [3.8, 4) is 17.1 Å². The molecule has 140 valence electrons. The zero-order valence-electron chi connectivity index (χ0n) is 14.7. The maximum Gasteiger partial charge on any atom is 0.323 e. The number of carboxylic acid groups (broad SMARTS) is 2. The highest BCUT2D eigenvalue weighted by Gasteiger charge is 2.23. The van der Waals surface area contributed by atoms with Crippen LogP contribution in [0.5, 0.6) is 5.75 Å². The number of carbonyl (C=O) groups is 2. The van der Waals surface area contributed by atoms with Gasteiger partial charge in [-0.25, -0.2) is 0 Å². The quantitative estimate of drug-likeness (QED) is 0.682. The van der Waals surface area contributed by atoms with E-state index in [2.05, 4.69) is 0 Å². The summed E-state index contributed by atoms with van der Waals surface area (Å²) >= 11 is 0. The van der Waals surface area contributed by atoms with Gasteiger partial charge in [0.1, 0.15) is 23.6 Å². The van der Waals surface area contributed by atoms with Crippen molar-refractivity contribution in [2.24, 2.45) is 0 Å². The van der Waals surface area contributed by atoms with Gasteiger partial charge in [-0.2, -0.15) is 0 Å². The van der Waals surface area contributed by atoms with Gasteiger partial charge in [0.2, 0.25) is 0 Å². The highest BCUT2D eigenvalue weighted by atomic mass is 16.5. The molecule has 0 atom stereocenters. The molecule has 0 bridgehead atoms. The first kappa shape index (κ1) is 18.2. The average molecular weight is 371 g/mol. The normalized spacial score (nSPS) is 10.9. The monoisotopic (exact) mass is 371 g/mol. The molecule has 0 fully saturated rings. The van der Waals surface area contributed by atoms with Crippen molar-refractivity contribution in [2.75, 3.05) is 7.11 Å². The number of aryl methyl sites for hydroxylation is 1. The third-order valence-electron chi connectivity index (χ3n) is 4.23. The van der Waals surface area contributed by atoms with Crippen LogP contribution in [0.25, 0.3) is 22.3 Å². The van der Waals surface area contributed by atoms with Crippen LogP contribution in [0.2, 0.25) is 0 Å². The fourth-order valence-corrected chi connectivity index (χ4v) is 3.01. The second kappa shape index (κ2) is 6.99. The Bertz CT molecular complexity index is 1090. The van der Waals surface area contributed by atoms with Crippen LogP contribution >= 0.6 is 0 Å². The summed E-state index contributed by atoms with van der Waals surface area (Å²) in [6, 6.07) is 8.33. The molecule has 0 aliphatic rings. The molecule has 2 heterocycles. The van der Waals surface area contributed by atoms with Crippen molar-refractivity contribution in [3.05, 3.63) is 51.9 Å². The number of pyridine rings is 1. The number of fused-ring (bicyclic) bond motifs is 1. The van der Waals surface area contributed by atoms with E-state index in [1.807, 2.05) is 0 Å². The van der Waals surface area contributed by atoms with Crippen molar-refractivity contribution in [2.45, 2.75) is 19.9 Å². The lowest BCUT2D eigenvalue weighted by Crippen LogP contribution is -2.26. The molecule has 0 radical (unpaired) electrons. The summed E-state index contributed by atoms with van der Waals surface area (Å²) in [7, 11) is 1.53. The molecule has 27 heavy (non-hydrogen) atoms. The summed E-state index contributed by atoms with van der Waals surface area (Å²) in [6.45, 7) is 1.08. The Balaban J connectivity index is 2.30. The van der Waals surface area contributed by atoms with Crippen molar-refractivity contribution < 1.29 is 29.0 Å². The van der Waals surface area contributed by atoms with Gasteiger partial charge in [-0.15, -0.1) is 0 Å². The Kier molecular flexibility index (Phi) is 4.72. The SMILES string of the molecule is COc1ccc(-c2oc3cc(C)n(CC(=O)O)c(=O)c3c2CC(=O)O)cc1. The van der Waals surface area contributed by atoms with Crippen LogP contribution in [-0.2, 0) is 22.6 Å². The molecule has 0 aliphatic carbocycles. The Labute approximate surface area is 153 Å². The number of ether oxygens (including phenoxy) is 1. The largest absolute Gasteiger partial charge is 0.497 e. The van der Waals surface area contributed by atoms with E-state index in [1.165, 1.54) is 13.2 Å². The summed E-state index contributed by atoms with van der Waals surface area (Å²) in [4.78, 5) is 35.3. The van der Waals surface area contributed by atoms with Crippen molar-refractivity contribution in [3.63, 3.8) is 0 Å². The number of carboxylic acids is 2. The van der Waals surface area contributed by atoms with Crippen molar-refractivity contribution in [1.82, 2.24) is 4.57 Å². The number of furan rings is 1. The van der Waals surface area contributed by atoms with Gasteiger partial charge in [-0.1, -0.05) is 0 Å². The average Bonchev–Trinajstić information content (AvgIpc) is 2.96. The molecule has 0 amide bonds. The molecular weight excluding hydrogens is 354 g/mol. The van der Waals surface area contributed by atoms with Gasteiger partial charge in [0, 0.05) is 22.9 Å². The third kappa shape index (κ3) is 3.41. The van der Waals surface area contributed by atoms with Crippen LogP contribution < -0.4 is 10.3 Å². The molecule has 3 rings (SSSR count). The molecule has 2 N–H and O–H groups in total. The molecule has 0 aliphatic heterocycles. The molecule has 0 unspecified atom stereocenters. The standard InChI is InChI=1S/C19H17NO7/c1-10-7-14-17(19(25)20(10)9-16(23)24)13(8-15(21)22)18(27-14)11-3-5-12(26-2)6-4-11/h3-7H,8-9H2,1-2H3,(H,21,22)(H,23,24). The van der Waals surface area contributed by atoms with E-state index < -0.39 is 30.5 Å². The number of hydrogen-bond donors (Lipinski definition) is 2. The minimum absolute atomic E-state index is 0.0788. The molecule has 0 spiro atoms. The zero-order valence-corrected chi connectivity index (χ0v) is 14.7. The van der Waals surface area contributed by atoms with E-state index >= 15 is 0 Å². The fourth-order valence-electron chi connectivity index (χ4n) is 3.01. The molecule has 0 saturated heterocycles. The predicted molar refractivity (Wildman–Crippen MR) is 96.2 cm³/mol.